The van der Waals surface area contributed by atoms with Crippen molar-refractivity contribution < 1.29 is 14.6 Å². The minimum atomic E-state index is -1.15. The molecule has 0 unspecified atom stereocenters. The molecule has 1 N–H and O–H groups in total. The first kappa shape index (κ1) is 12.3. The third kappa shape index (κ3) is 2.26. The number of halogens is 1. The Bertz CT molecular complexity index is 602. The molecule has 5 nitrogen and oxygen atoms in total. The van der Waals surface area contributed by atoms with E-state index in [0.29, 0.717) is 16.9 Å². The maximum atomic E-state index is 11.2. The van der Waals surface area contributed by atoms with Crippen molar-refractivity contribution in [3.63, 3.8) is 0 Å². The van der Waals surface area contributed by atoms with E-state index in [9.17, 15) is 4.79 Å². The molecule has 0 saturated heterocycles. The normalized spacial score (nSPS) is 10.1. The summed E-state index contributed by atoms with van der Waals surface area (Å²) < 4.78 is 5.09. The van der Waals surface area contributed by atoms with Crippen LogP contribution >= 0.6 is 11.6 Å². The van der Waals surface area contributed by atoms with Gasteiger partial charge in [0.25, 0.3) is 0 Å². The minimum absolute atomic E-state index is 0.0695. The number of hydrogen-bond acceptors (Lipinski definition) is 4. The Balaban J connectivity index is 2.63. The summed E-state index contributed by atoms with van der Waals surface area (Å²) in [6, 6.07) is 6.98. The summed E-state index contributed by atoms with van der Waals surface area (Å²) in [5.41, 5.74) is 0.991. The molecule has 6 heteroatoms. The molecule has 18 heavy (non-hydrogen) atoms. The van der Waals surface area contributed by atoms with Gasteiger partial charge in [-0.15, -0.1) is 5.10 Å². The van der Waals surface area contributed by atoms with Crippen LogP contribution in [0.15, 0.2) is 30.5 Å². The number of rotatable bonds is 3. The molecule has 0 aliphatic heterocycles. The molecule has 2 rings (SSSR count). The van der Waals surface area contributed by atoms with Crippen molar-refractivity contribution in [2.24, 2.45) is 0 Å². The van der Waals surface area contributed by atoms with Crippen molar-refractivity contribution in [3.05, 3.63) is 41.2 Å². The number of aromatic carboxylic acids is 1. The topological polar surface area (TPSA) is 72.3 Å². The lowest BCUT2D eigenvalue weighted by Crippen LogP contribution is -2.03. The van der Waals surface area contributed by atoms with Gasteiger partial charge >= 0.3 is 5.97 Å². The van der Waals surface area contributed by atoms with Gasteiger partial charge in [0.15, 0.2) is 5.15 Å². The summed E-state index contributed by atoms with van der Waals surface area (Å²) in [5, 5.41) is 16.2. The Labute approximate surface area is 108 Å². The largest absolute Gasteiger partial charge is 0.497 e. The van der Waals surface area contributed by atoms with Crippen LogP contribution in [0.5, 0.6) is 5.75 Å². The van der Waals surface area contributed by atoms with Crippen LogP contribution in [0.2, 0.25) is 5.15 Å². The first-order valence-corrected chi connectivity index (χ1v) is 5.40. The number of benzene rings is 1. The number of carbonyl (C=O) groups is 1. The molecule has 0 aliphatic rings. The quantitative estimate of drug-likeness (QED) is 0.922. The van der Waals surface area contributed by atoms with Gasteiger partial charge in [0, 0.05) is 5.56 Å². The molecular formula is C12H9ClN2O3. The predicted molar refractivity (Wildman–Crippen MR) is 66.0 cm³/mol. The highest BCUT2D eigenvalue weighted by molar-refractivity contribution is 6.33. The number of hydrogen-bond donors (Lipinski definition) is 1. The molecule has 0 radical (unpaired) electrons. The molecule has 0 amide bonds. The number of carboxylic acids is 1. The third-order valence-corrected chi connectivity index (χ3v) is 2.67. The first-order valence-electron chi connectivity index (χ1n) is 5.02. The van der Waals surface area contributed by atoms with Gasteiger partial charge < -0.3 is 9.84 Å². The number of methoxy groups -OCH3 is 1. The molecule has 0 bridgehead atoms. The van der Waals surface area contributed by atoms with Crippen LogP contribution in [0.4, 0.5) is 0 Å². The molecule has 1 aromatic carbocycles. The van der Waals surface area contributed by atoms with Crippen LogP contribution in [0, 0.1) is 0 Å². The number of aromatic nitrogens is 2. The zero-order valence-corrected chi connectivity index (χ0v) is 10.2. The smallest absolute Gasteiger partial charge is 0.339 e. The highest BCUT2D eigenvalue weighted by Gasteiger charge is 2.17. The summed E-state index contributed by atoms with van der Waals surface area (Å²) in [4.78, 5) is 11.2. The van der Waals surface area contributed by atoms with Gasteiger partial charge in [-0.05, 0) is 17.7 Å². The fourth-order valence-corrected chi connectivity index (χ4v) is 1.80. The van der Waals surface area contributed by atoms with Gasteiger partial charge in [-0.2, -0.15) is 5.10 Å². The second-order valence-corrected chi connectivity index (χ2v) is 3.82. The molecule has 0 spiro atoms. The SMILES string of the molecule is COc1cccc(-c2cnnc(Cl)c2C(=O)O)c1. The van der Waals surface area contributed by atoms with Crippen LogP contribution in [0.1, 0.15) is 10.4 Å². The zero-order chi connectivity index (χ0) is 13.1. The lowest BCUT2D eigenvalue weighted by atomic mass is 10.0. The molecule has 0 fully saturated rings. The van der Waals surface area contributed by atoms with Crippen LogP contribution < -0.4 is 4.74 Å². The Morgan fingerprint density at radius 3 is 2.89 bits per heavy atom. The molecule has 0 atom stereocenters. The molecule has 0 saturated carbocycles. The lowest BCUT2D eigenvalue weighted by molar-refractivity contribution is 0.0697. The Morgan fingerprint density at radius 1 is 1.44 bits per heavy atom. The summed E-state index contributed by atoms with van der Waals surface area (Å²) >= 11 is 5.76. The van der Waals surface area contributed by atoms with Crippen LogP contribution in [-0.4, -0.2) is 28.4 Å². The van der Waals surface area contributed by atoms with Crippen LogP contribution in [0.25, 0.3) is 11.1 Å². The average molecular weight is 265 g/mol. The van der Waals surface area contributed by atoms with Crippen molar-refractivity contribution in [2.45, 2.75) is 0 Å². The molecule has 92 valence electrons. The van der Waals surface area contributed by atoms with E-state index in [1.807, 2.05) is 0 Å². The average Bonchev–Trinajstić information content (AvgIpc) is 2.38. The first-order chi connectivity index (χ1) is 8.63. The number of carboxylic acid groups (broad SMARTS) is 1. The van der Waals surface area contributed by atoms with E-state index in [2.05, 4.69) is 10.2 Å². The minimum Gasteiger partial charge on any atom is -0.497 e. The zero-order valence-electron chi connectivity index (χ0n) is 9.42. The van der Waals surface area contributed by atoms with Crippen molar-refractivity contribution in [3.8, 4) is 16.9 Å². The standard InChI is InChI=1S/C12H9ClN2O3/c1-18-8-4-2-3-7(5-8)9-6-14-15-11(13)10(9)12(16)17/h2-6H,1H3,(H,16,17). The van der Waals surface area contributed by atoms with E-state index in [4.69, 9.17) is 21.4 Å². The summed E-state index contributed by atoms with van der Waals surface area (Å²) in [6.07, 6.45) is 1.37. The Hall–Kier alpha value is -2.14. The van der Waals surface area contributed by atoms with Crippen molar-refractivity contribution >= 4 is 17.6 Å². The highest BCUT2D eigenvalue weighted by Crippen LogP contribution is 2.29. The summed E-state index contributed by atoms with van der Waals surface area (Å²) in [7, 11) is 1.54. The van der Waals surface area contributed by atoms with E-state index in [1.165, 1.54) is 13.3 Å². The fraction of sp³-hybridized carbons (Fsp3) is 0.0833. The van der Waals surface area contributed by atoms with Crippen molar-refractivity contribution in [1.29, 1.82) is 0 Å². The van der Waals surface area contributed by atoms with Gasteiger partial charge in [-0.3, -0.25) is 0 Å². The maximum absolute atomic E-state index is 11.2. The van der Waals surface area contributed by atoms with Crippen molar-refractivity contribution in [1.82, 2.24) is 10.2 Å². The van der Waals surface area contributed by atoms with E-state index in [-0.39, 0.29) is 10.7 Å². The molecule has 0 aliphatic carbocycles. The van der Waals surface area contributed by atoms with Crippen molar-refractivity contribution in [2.75, 3.05) is 7.11 Å². The number of nitrogens with zero attached hydrogens (tertiary/aromatic N) is 2. The third-order valence-electron chi connectivity index (χ3n) is 2.40. The van der Waals surface area contributed by atoms with Gasteiger partial charge in [-0.1, -0.05) is 23.7 Å². The molecule has 1 aromatic heterocycles. The summed E-state index contributed by atoms with van der Waals surface area (Å²) in [5.74, 6) is -0.524. The Morgan fingerprint density at radius 2 is 2.22 bits per heavy atom. The highest BCUT2D eigenvalue weighted by atomic mass is 35.5. The van der Waals surface area contributed by atoms with Crippen LogP contribution in [-0.2, 0) is 0 Å². The molecule has 2 aromatic rings. The lowest BCUT2D eigenvalue weighted by Gasteiger charge is -2.07. The molecule has 1 heterocycles. The van der Waals surface area contributed by atoms with Gasteiger partial charge in [0.05, 0.1) is 13.3 Å². The fourth-order valence-electron chi connectivity index (χ4n) is 1.58. The van der Waals surface area contributed by atoms with Gasteiger partial charge in [0.1, 0.15) is 11.3 Å². The summed E-state index contributed by atoms with van der Waals surface area (Å²) in [6.45, 7) is 0. The van der Waals surface area contributed by atoms with Gasteiger partial charge in [0.2, 0.25) is 0 Å². The van der Waals surface area contributed by atoms with Crippen LogP contribution in [0.3, 0.4) is 0 Å². The maximum Gasteiger partial charge on any atom is 0.339 e. The van der Waals surface area contributed by atoms with E-state index in [0.717, 1.165) is 0 Å². The van der Waals surface area contributed by atoms with Gasteiger partial charge in [-0.25, -0.2) is 4.79 Å². The monoisotopic (exact) mass is 264 g/mol. The second-order valence-electron chi connectivity index (χ2n) is 3.46. The van der Waals surface area contributed by atoms with E-state index >= 15 is 0 Å². The number of ether oxygens (including phenoxy) is 1. The predicted octanol–water partition coefficient (Wildman–Crippen LogP) is 2.50. The second kappa shape index (κ2) is 5.01. The van der Waals surface area contributed by atoms with E-state index in [1.54, 1.807) is 24.3 Å². The Kier molecular flexibility index (Phi) is 3.43. The van der Waals surface area contributed by atoms with E-state index < -0.39 is 5.97 Å². The molecular weight excluding hydrogens is 256 g/mol.